The fraction of sp³-hybridized carbons (Fsp3) is 0.250. The van der Waals surface area contributed by atoms with Gasteiger partial charge in [-0.05, 0) is 11.6 Å². The van der Waals surface area contributed by atoms with Crippen molar-refractivity contribution in [3.8, 4) is 0 Å². The maximum absolute atomic E-state index is 12.9. The number of nitro groups is 1. The van der Waals surface area contributed by atoms with Crippen molar-refractivity contribution < 1.29 is 18.1 Å². The van der Waals surface area contributed by atoms with Crippen LogP contribution < -0.4 is 0 Å². The Labute approximate surface area is 77.3 Å². The minimum Gasteiger partial charge on any atom is -0.265 e. The Morgan fingerprint density at radius 3 is 2.29 bits per heavy atom. The van der Waals surface area contributed by atoms with E-state index < -0.39 is 28.9 Å². The van der Waals surface area contributed by atoms with E-state index >= 15 is 0 Å². The number of hydrogen-bond donors (Lipinski definition) is 0. The standard InChI is InChI=1S/C8H6F3NO2/c9-6-4-8(11)7(10)3-5(6)1-2-12(13)14/h3-4H,1-2H2. The van der Waals surface area contributed by atoms with Crippen molar-refractivity contribution in [2.24, 2.45) is 0 Å². The third-order valence-corrected chi connectivity index (χ3v) is 1.65. The van der Waals surface area contributed by atoms with Crippen molar-refractivity contribution in [1.82, 2.24) is 0 Å². The van der Waals surface area contributed by atoms with Gasteiger partial charge in [0.05, 0.1) is 0 Å². The summed E-state index contributed by atoms with van der Waals surface area (Å²) in [7, 11) is 0. The SMILES string of the molecule is O=[N+]([O-])CCc1cc(F)c(F)cc1F. The highest BCUT2D eigenvalue weighted by Crippen LogP contribution is 2.13. The predicted molar refractivity (Wildman–Crippen MR) is 41.9 cm³/mol. The van der Waals surface area contributed by atoms with Crippen LogP contribution in [-0.2, 0) is 6.42 Å². The topological polar surface area (TPSA) is 43.1 Å². The van der Waals surface area contributed by atoms with Crippen LogP contribution in [0.3, 0.4) is 0 Å². The summed E-state index contributed by atoms with van der Waals surface area (Å²) in [6.07, 6.45) is -0.254. The first kappa shape index (κ1) is 10.5. The maximum Gasteiger partial charge on any atom is 0.208 e. The average Bonchev–Trinajstić information content (AvgIpc) is 2.09. The van der Waals surface area contributed by atoms with Gasteiger partial charge < -0.3 is 0 Å². The predicted octanol–water partition coefficient (Wildman–Crippen LogP) is 1.92. The van der Waals surface area contributed by atoms with Crippen LogP contribution in [0.15, 0.2) is 12.1 Å². The maximum atomic E-state index is 12.9. The summed E-state index contributed by atoms with van der Waals surface area (Å²) < 4.78 is 37.8. The first-order chi connectivity index (χ1) is 6.50. The third kappa shape index (κ3) is 2.45. The molecular weight excluding hydrogens is 199 g/mol. The van der Waals surface area contributed by atoms with E-state index in [0.29, 0.717) is 12.1 Å². The summed E-state index contributed by atoms with van der Waals surface area (Å²) in [5.74, 6) is -3.47. The first-order valence-corrected chi connectivity index (χ1v) is 3.76. The van der Waals surface area contributed by atoms with Crippen LogP contribution in [-0.4, -0.2) is 11.5 Å². The molecule has 14 heavy (non-hydrogen) atoms. The molecule has 0 aliphatic heterocycles. The molecule has 0 saturated heterocycles. The van der Waals surface area contributed by atoms with E-state index in [1.54, 1.807) is 0 Å². The fourth-order valence-corrected chi connectivity index (χ4v) is 0.967. The highest BCUT2D eigenvalue weighted by atomic mass is 19.2. The molecule has 0 aromatic heterocycles. The van der Waals surface area contributed by atoms with Crippen LogP contribution >= 0.6 is 0 Å². The minimum absolute atomic E-state index is 0.194. The number of rotatable bonds is 3. The molecule has 0 unspecified atom stereocenters. The summed E-state index contributed by atoms with van der Waals surface area (Å²) in [5.41, 5.74) is -0.194. The largest absolute Gasteiger partial charge is 0.265 e. The van der Waals surface area contributed by atoms with Crippen molar-refractivity contribution in [3.05, 3.63) is 45.3 Å². The van der Waals surface area contributed by atoms with Gasteiger partial charge in [0.25, 0.3) is 0 Å². The highest BCUT2D eigenvalue weighted by Gasteiger charge is 2.11. The van der Waals surface area contributed by atoms with Crippen molar-refractivity contribution in [2.75, 3.05) is 6.54 Å². The van der Waals surface area contributed by atoms with Gasteiger partial charge in [-0.15, -0.1) is 0 Å². The lowest BCUT2D eigenvalue weighted by Gasteiger charge is -2.00. The molecule has 1 rings (SSSR count). The van der Waals surface area contributed by atoms with E-state index in [1.807, 2.05) is 0 Å². The zero-order valence-electron chi connectivity index (χ0n) is 6.97. The molecule has 0 fully saturated rings. The van der Waals surface area contributed by atoms with Crippen molar-refractivity contribution >= 4 is 0 Å². The van der Waals surface area contributed by atoms with Gasteiger partial charge in [0.1, 0.15) is 5.82 Å². The van der Waals surface area contributed by atoms with Gasteiger partial charge in [0.15, 0.2) is 11.6 Å². The van der Waals surface area contributed by atoms with Crippen LogP contribution in [0.1, 0.15) is 5.56 Å². The van der Waals surface area contributed by atoms with Gasteiger partial charge in [-0.2, -0.15) is 0 Å². The summed E-state index contributed by atoms with van der Waals surface area (Å²) in [4.78, 5) is 9.30. The van der Waals surface area contributed by atoms with Crippen molar-refractivity contribution in [1.29, 1.82) is 0 Å². The molecule has 0 spiro atoms. The molecule has 1 aromatic rings. The average molecular weight is 205 g/mol. The van der Waals surface area contributed by atoms with Gasteiger partial charge in [-0.3, -0.25) is 10.1 Å². The Hall–Kier alpha value is -1.59. The van der Waals surface area contributed by atoms with E-state index in [9.17, 15) is 23.3 Å². The van der Waals surface area contributed by atoms with Gasteiger partial charge in [-0.25, -0.2) is 13.2 Å². The molecular formula is C8H6F3NO2. The van der Waals surface area contributed by atoms with Crippen molar-refractivity contribution in [2.45, 2.75) is 6.42 Å². The summed E-state index contributed by atoms with van der Waals surface area (Å²) in [6.45, 7) is -0.512. The normalized spacial score (nSPS) is 10.2. The van der Waals surface area contributed by atoms with Gasteiger partial charge in [-0.1, -0.05) is 0 Å². The van der Waals surface area contributed by atoms with Gasteiger partial charge >= 0.3 is 0 Å². The Kier molecular flexibility index (Phi) is 3.06. The molecule has 0 bridgehead atoms. The second-order valence-electron chi connectivity index (χ2n) is 2.66. The van der Waals surface area contributed by atoms with Gasteiger partial charge in [0.2, 0.25) is 6.54 Å². The Bertz CT molecular complexity index is 368. The van der Waals surface area contributed by atoms with E-state index in [2.05, 4.69) is 0 Å². The second-order valence-corrected chi connectivity index (χ2v) is 2.66. The quantitative estimate of drug-likeness (QED) is 0.429. The van der Waals surface area contributed by atoms with Crippen LogP contribution in [0, 0.1) is 27.6 Å². The monoisotopic (exact) mass is 205 g/mol. The number of nitrogens with zero attached hydrogens (tertiary/aromatic N) is 1. The zero-order chi connectivity index (χ0) is 10.7. The van der Waals surface area contributed by atoms with E-state index in [4.69, 9.17) is 0 Å². The minimum atomic E-state index is -1.30. The highest BCUT2D eigenvalue weighted by molar-refractivity contribution is 5.20. The van der Waals surface area contributed by atoms with Crippen LogP contribution in [0.4, 0.5) is 13.2 Å². The summed E-state index contributed by atoms with van der Waals surface area (Å²) in [5, 5.41) is 9.95. The molecule has 3 nitrogen and oxygen atoms in total. The lowest BCUT2D eigenvalue weighted by atomic mass is 10.1. The Morgan fingerprint density at radius 2 is 1.71 bits per heavy atom. The zero-order valence-corrected chi connectivity index (χ0v) is 6.97. The summed E-state index contributed by atoms with van der Waals surface area (Å²) >= 11 is 0. The van der Waals surface area contributed by atoms with E-state index in [0.717, 1.165) is 0 Å². The Balaban J connectivity index is 2.87. The fourth-order valence-electron chi connectivity index (χ4n) is 0.967. The molecule has 6 heteroatoms. The third-order valence-electron chi connectivity index (χ3n) is 1.65. The lowest BCUT2D eigenvalue weighted by molar-refractivity contribution is -0.479. The van der Waals surface area contributed by atoms with Gasteiger partial charge in [0, 0.05) is 17.4 Å². The van der Waals surface area contributed by atoms with Crippen LogP contribution in [0.25, 0.3) is 0 Å². The summed E-state index contributed by atoms with van der Waals surface area (Å²) in [6, 6.07) is 1.01. The Morgan fingerprint density at radius 1 is 1.14 bits per heavy atom. The molecule has 0 saturated carbocycles. The number of halogens is 3. The molecule has 1 aromatic carbocycles. The molecule has 0 N–H and O–H groups in total. The molecule has 0 aliphatic rings. The molecule has 0 heterocycles. The number of hydrogen-bond acceptors (Lipinski definition) is 2. The molecule has 0 radical (unpaired) electrons. The molecule has 0 aliphatic carbocycles. The van der Waals surface area contributed by atoms with E-state index in [-0.39, 0.29) is 12.0 Å². The van der Waals surface area contributed by atoms with Crippen LogP contribution in [0.2, 0.25) is 0 Å². The number of benzene rings is 1. The van der Waals surface area contributed by atoms with E-state index in [1.165, 1.54) is 0 Å². The lowest BCUT2D eigenvalue weighted by Crippen LogP contribution is -2.06. The smallest absolute Gasteiger partial charge is 0.208 e. The molecule has 0 atom stereocenters. The molecule has 0 amide bonds. The van der Waals surface area contributed by atoms with Crippen LogP contribution in [0.5, 0.6) is 0 Å². The first-order valence-electron chi connectivity index (χ1n) is 3.76. The second kappa shape index (κ2) is 4.08. The van der Waals surface area contributed by atoms with Crippen molar-refractivity contribution in [3.63, 3.8) is 0 Å². The molecule has 76 valence electrons.